The highest BCUT2D eigenvalue weighted by atomic mass is 16.5. The smallest absolute Gasteiger partial charge is 0.337 e. The Balaban J connectivity index is 1.73. The second-order valence-electron chi connectivity index (χ2n) is 6.48. The van der Waals surface area contributed by atoms with Crippen LogP contribution in [0.5, 0.6) is 0 Å². The van der Waals surface area contributed by atoms with Gasteiger partial charge in [0.05, 0.1) is 12.7 Å². The molecule has 25 heavy (non-hydrogen) atoms. The van der Waals surface area contributed by atoms with Crippen molar-refractivity contribution in [3.8, 4) is 0 Å². The highest BCUT2D eigenvalue weighted by Crippen LogP contribution is 2.29. The maximum Gasteiger partial charge on any atom is 0.337 e. The predicted octanol–water partition coefficient (Wildman–Crippen LogP) is 4.54. The molecule has 0 aliphatic carbocycles. The van der Waals surface area contributed by atoms with Crippen LogP contribution in [0.4, 0.5) is 0 Å². The van der Waals surface area contributed by atoms with Crippen LogP contribution in [-0.4, -0.2) is 30.6 Å². The summed E-state index contributed by atoms with van der Waals surface area (Å²) in [5.41, 5.74) is 4.53. The zero-order valence-electron chi connectivity index (χ0n) is 14.9. The quantitative estimate of drug-likeness (QED) is 0.751. The van der Waals surface area contributed by atoms with Crippen molar-refractivity contribution in [3.63, 3.8) is 0 Å². The second-order valence-corrected chi connectivity index (χ2v) is 6.48. The minimum absolute atomic E-state index is 0.287. The predicted molar refractivity (Wildman–Crippen MR) is 101 cm³/mol. The summed E-state index contributed by atoms with van der Waals surface area (Å²) in [6.45, 7) is 4.21. The summed E-state index contributed by atoms with van der Waals surface area (Å²) in [6, 6.07) is 18.9. The summed E-state index contributed by atoms with van der Waals surface area (Å²) >= 11 is 0. The number of nitrogens with zero attached hydrogens (tertiary/aromatic N) is 1. The first-order valence-electron chi connectivity index (χ1n) is 8.87. The molecule has 1 atom stereocenters. The van der Waals surface area contributed by atoms with Gasteiger partial charge < -0.3 is 4.74 Å². The molecule has 1 aliphatic rings. The van der Waals surface area contributed by atoms with E-state index < -0.39 is 0 Å². The van der Waals surface area contributed by atoms with Crippen LogP contribution in [0.15, 0.2) is 60.7 Å². The molecule has 2 aromatic rings. The van der Waals surface area contributed by atoms with Crippen molar-refractivity contribution in [1.29, 1.82) is 0 Å². The molecule has 0 N–H and O–H groups in total. The Kier molecular flexibility index (Phi) is 5.67. The van der Waals surface area contributed by atoms with Crippen LogP contribution in [0.25, 0.3) is 5.57 Å². The molecule has 0 amide bonds. The topological polar surface area (TPSA) is 29.5 Å². The Bertz CT molecular complexity index is 734. The molecule has 0 saturated carbocycles. The Hall–Kier alpha value is -2.39. The minimum Gasteiger partial charge on any atom is -0.465 e. The fourth-order valence-corrected chi connectivity index (χ4v) is 3.43. The first-order valence-corrected chi connectivity index (χ1v) is 8.87. The van der Waals surface area contributed by atoms with Crippen molar-refractivity contribution in [2.45, 2.75) is 32.4 Å². The lowest BCUT2D eigenvalue weighted by molar-refractivity contribution is 0.0600. The number of carbonyl (C=O) groups excluding carboxylic acids is 1. The molecule has 0 radical (unpaired) electrons. The minimum atomic E-state index is -0.287. The number of esters is 1. The summed E-state index contributed by atoms with van der Waals surface area (Å²) in [5.74, 6) is -0.287. The highest BCUT2D eigenvalue weighted by Gasteiger charge is 2.22. The normalized spacial score (nSPS) is 17.8. The fraction of sp³-hybridized carbons (Fsp3) is 0.318. The van der Waals surface area contributed by atoms with Crippen LogP contribution in [-0.2, 0) is 11.3 Å². The molecule has 1 aliphatic heterocycles. The van der Waals surface area contributed by atoms with Gasteiger partial charge in [-0.3, -0.25) is 4.90 Å². The van der Waals surface area contributed by atoms with E-state index in [2.05, 4.69) is 48.2 Å². The average Bonchev–Trinajstić information content (AvgIpc) is 2.68. The Morgan fingerprint density at radius 3 is 2.48 bits per heavy atom. The number of carbonyl (C=O) groups is 1. The lowest BCUT2D eigenvalue weighted by atomic mass is 9.92. The van der Waals surface area contributed by atoms with Gasteiger partial charge in [0.1, 0.15) is 0 Å². The van der Waals surface area contributed by atoms with Gasteiger partial charge >= 0.3 is 5.97 Å². The summed E-state index contributed by atoms with van der Waals surface area (Å²) in [4.78, 5) is 14.1. The number of ether oxygens (including phenoxy) is 1. The van der Waals surface area contributed by atoms with E-state index >= 15 is 0 Å². The van der Waals surface area contributed by atoms with E-state index in [1.54, 1.807) is 0 Å². The van der Waals surface area contributed by atoms with Gasteiger partial charge in [0.15, 0.2) is 0 Å². The number of hydrogen-bond donors (Lipinski definition) is 0. The molecule has 1 unspecified atom stereocenters. The molecule has 1 heterocycles. The molecule has 3 rings (SSSR count). The third kappa shape index (κ3) is 4.18. The van der Waals surface area contributed by atoms with Gasteiger partial charge in [-0.2, -0.15) is 0 Å². The van der Waals surface area contributed by atoms with Gasteiger partial charge in [-0.15, -0.1) is 0 Å². The van der Waals surface area contributed by atoms with E-state index in [0.717, 1.165) is 25.9 Å². The monoisotopic (exact) mass is 335 g/mol. The Labute approximate surface area is 149 Å². The van der Waals surface area contributed by atoms with E-state index in [-0.39, 0.29) is 5.97 Å². The summed E-state index contributed by atoms with van der Waals surface area (Å²) in [6.07, 6.45) is 4.49. The van der Waals surface area contributed by atoms with E-state index in [1.165, 1.54) is 23.8 Å². The standard InChI is InChI=1S/C22H25NO2/c1-3-21-15-20(18-9-11-19(12-10-18)22(24)25-2)13-14-23(21)16-17-7-5-4-6-8-17/h4-13,21H,3,14-16H2,1-2H3. The molecule has 3 heteroatoms. The van der Waals surface area contributed by atoms with E-state index in [1.807, 2.05) is 24.3 Å². The van der Waals surface area contributed by atoms with Gasteiger partial charge in [0, 0.05) is 19.1 Å². The van der Waals surface area contributed by atoms with Crippen molar-refractivity contribution >= 4 is 11.5 Å². The highest BCUT2D eigenvalue weighted by molar-refractivity contribution is 5.89. The number of benzene rings is 2. The maximum atomic E-state index is 11.6. The van der Waals surface area contributed by atoms with Crippen molar-refractivity contribution < 1.29 is 9.53 Å². The lowest BCUT2D eigenvalue weighted by Crippen LogP contribution is -2.37. The fourth-order valence-electron chi connectivity index (χ4n) is 3.43. The molecule has 3 nitrogen and oxygen atoms in total. The molecule has 0 aromatic heterocycles. The largest absolute Gasteiger partial charge is 0.465 e. The van der Waals surface area contributed by atoms with Gasteiger partial charge in [-0.05, 0) is 41.7 Å². The van der Waals surface area contributed by atoms with Crippen LogP contribution < -0.4 is 0 Å². The molecule has 2 aromatic carbocycles. The molecular weight excluding hydrogens is 310 g/mol. The Morgan fingerprint density at radius 2 is 1.84 bits per heavy atom. The Morgan fingerprint density at radius 1 is 1.12 bits per heavy atom. The average molecular weight is 335 g/mol. The van der Waals surface area contributed by atoms with Crippen LogP contribution in [0.2, 0.25) is 0 Å². The first kappa shape index (κ1) is 17.4. The van der Waals surface area contributed by atoms with Crippen molar-refractivity contribution in [2.24, 2.45) is 0 Å². The SMILES string of the molecule is CCC1CC(c2ccc(C(=O)OC)cc2)=CCN1Cc1ccccc1. The molecule has 0 spiro atoms. The van der Waals surface area contributed by atoms with Crippen LogP contribution in [0.1, 0.15) is 41.3 Å². The van der Waals surface area contributed by atoms with Gasteiger partial charge in [-0.1, -0.05) is 55.5 Å². The molecule has 0 saturated heterocycles. The zero-order chi connectivity index (χ0) is 17.6. The third-order valence-electron chi connectivity index (χ3n) is 4.92. The first-order chi connectivity index (χ1) is 12.2. The van der Waals surface area contributed by atoms with Crippen LogP contribution >= 0.6 is 0 Å². The van der Waals surface area contributed by atoms with Crippen molar-refractivity contribution in [1.82, 2.24) is 4.90 Å². The van der Waals surface area contributed by atoms with Crippen LogP contribution in [0.3, 0.4) is 0 Å². The molecular formula is C22H25NO2. The van der Waals surface area contributed by atoms with E-state index in [9.17, 15) is 4.79 Å². The summed E-state index contributed by atoms with van der Waals surface area (Å²) < 4.78 is 4.77. The second kappa shape index (κ2) is 8.13. The number of methoxy groups -OCH3 is 1. The molecule has 0 fully saturated rings. The van der Waals surface area contributed by atoms with Gasteiger partial charge in [-0.25, -0.2) is 4.79 Å². The van der Waals surface area contributed by atoms with Gasteiger partial charge in [0.2, 0.25) is 0 Å². The van der Waals surface area contributed by atoms with Crippen LogP contribution in [0, 0.1) is 0 Å². The van der Waals surface area contributed by atoms with Crippen molar-refractivity contribution in [3.05, 3.63) is 77.4 Å². The summed E-state index contributed by atoms with van der Waals surface area (Å²) in [7, 11) is 1.41. The van der Waals surface area contributed by atoms with E-state index in [0.29, 0.717) is 11.6 Å². The van der Waals surface area contributed by atoms with Crippen molar-refractivity contribution in [2.75, 3.05) is 13.7 Å². The molecule has 130 valence electrons. The number of hydrogen-bond acceptors (Lipinski definition) is 3. The lowest BCUT2D eigenvalue weighted by Gasteiger charge is -2.35. The maximum absolute atomic E-state index is 11.6. The third-order valence-corrected chi connectivity index (χ3v) is 4.92. The summed E-state index contributed by atoms with van der Waals surface area (Å²) in [5, 5.41) is 0. The number of rotatable bonds is 5. The zero-order valence-corrected chi connectivity index (χ0v) is 14.9. The van der Waals surface area contributed by atoms with Gasteiger partial charge in [0.25, 0.3) is 0 Å². The molecule has 0 bridgehead atoms. The van der Waals surface area contributed by atoms with E-state index in [4.69, 9.17) is 4.74 Å².